The van der Waals surface area contributed by atoms with Crippen LogP contribution in [-0.4, -0.2) is 64.8 Å². The van der Waals surface area contributed by atoms with Gasteiger partial charge in [0.05, 0.1) is 11.8 Å². The average Bonchev–Trinajstić information content (AvgIpc) is 2.97. The van der Waals surface area contributed by atoms with Crippen LogP contribution in [0.3, 0.4) is 0 Å². The molecule has 0 spiro atoms. The molecule has 2 saturated heterocycles. The van der Waals surface area contributed by atoms with Gasteiger partial charge in [-0.1, -0.05) is 6.08 Å². The van der Waals surface area contributed by atoms with Gasteiger partial charge >= 0.3 is 0 Å². The van der Waals surface area contributed by atoms with Crippen molar-refractivity contribution in [2.45, 2.75) is 37.8 Å². The fourth-order valence-corrected chi connectivity index (χ4v) is 3.94. The van der Waals surface area contributed by atoms with E-state index in [2.05, 4.69) is 11.5 Å². The van der Waals surface area contributed by atoms with Crippen LogP contribution in [0.5, 0.6) is 0 Å². The van der Waals surface area contributed by atoms with Gasteiger partial charge < -0.3 is 10.6 Å². The fourth-order valence-electron chi connectivity index (χ4n) is 3.30. The molecule has 0 aliphatic carbocycles. The van der Waals surface area contributed by atoms with E-state index in [0.717, 1.165) is 51.1 Å². The van der Waals surface area contributed by atoms with E-state index in [1.807, 2.05) is 11.0 Å². The van der Waals surface area contributed by atoms with Gasteiger partial charge in [0.25, 0.3) is 0 Å². The predicted octanol–water partition coefficient (Wildman–Crippen LogP) is 0.846. The number of primary amides is 1. The van der Waals surface area contributed by atoms with Crippen molar-refractivity contribution in [2.24, 2.45) is 5.73 Å². The molecule has 2 fully saturated rings. The Kier molecular flexibility index (Phi) is 6.11. The number of carbonyl (C=O) groups is 2. The standard InChI is InChI=1S/C15H25N3O2S/c1-2-10-21-11-14(19)17-8-5-12(6-9-17)18-7-3-4-13(18)15(16)20/h2,12-13H,1,3-11H2,(H2,16,20). The summed E-state index contributed by atoms with van der Waals surface area (Å²) in [5.41, 5.74) is 5.48. The molecule has 1 atom stereocenters. The number of nitrogens with zero attached hydrogens (tertiary/aromatic N) is 2. The van der Waals surface area contributed by atoms with Gasteiger partial charge in [0.2, 0.25) is 11.8 Å². The van der Waals surface area contributed by atoms with E-state index >= 15 is 0 Å². The quantitative estimate of drug-likeness (QED) is 0.583. The SMILES string of the molecule is C=CCSCC(=O)N1CCC(N2CCCC2C(N)=O)CC1. The molecule has 6 heteroatoms. The van der Waals surface area contributed by atoms with E-state index in [4.69, 9.17) is 5.73 Å². The molecule has 2 aliphatic rings. The summed E-state index contributed by atoms with van der Waals surface area (Å²) in [6.45, 7) is 6.20. The summed E-state index contributed by atoms with van der Waals surface area (Å²) in [5, 5.41) is 0. The molecule has 21 heavy (non-hydrogen) atoms. The molecule has 2 heterocycles. The zero-order chi connectivity index (χ0) is 15.2. The van der Waals surface area contributed by atoms with Gasteiger partial charge in [0.1, 0.15) is 0 Å². The summed E-state index contributed by atoms with van der Waals surface area (Å²) in [5.74, 6) is 1.36. The fraction of sp³-hybridized carbons (Fsp3) is 0.733. The molecule has 2 rings (SSSR count). The molecule has 0 aromatic rings. The lowest BCUT2D eigenvalue weighted by atomic mass is 10.0. The first-order chi connectivity index (χ1) is 10.1. The first-order valence-corrected chi connectivity index (χ1v) is 8.80. The Hall–Kier alpha value is -1.01. The van der Waals surface area contributed by atoms with E-state index in [0.29, 0.717) is 11.8 Å². The van der Waals surface area contributed by atoms with Crippen LogP contribution in [-0.2, 0) is 9.59 Å². The van der Waals surface area contributed by atoms with Crippen LogP contribution in [0.4, 0.5) is 0 Å². The van der Waals surface area contributed by atoms with Gasteiger partial charge in [0, 0.05) is 24.9 Å². The molecule has 0 bridgehead atoms. The number of thioether (sulfide) groups is 1. The smallest absolute Gasteiger partial charge is 0.234 e. The molecule has 118 valence electrons. The number of likely N-dealkylation sites (tertiary alicyclic amines) is 2. The van der Waals surface area contributed by atoms with Crippen LogP contribution < -0.4 is 5.73 Å². The zero-order valence-electron chi connectivity index (χ0n) is 12.5. The van der Waals surface area contributed by atoms with Crippen molar-refractivity contribution in [1.82, 2.24) is 9.80 Å². The summed E-state index contributed by atoms with van der Waals surface area (Å²) in [7, 11) is 0. The number of hydrogen-bond acceptors (Lipinski definition) is 4. The number of amides is 2. The monoisotopic (exact) mass is 311 g/mol. The molecule has 0 aromatic heterocycles. The van der Waals surface area contributed by atoms with Gasteiger partial charge in [0.15, 0.2) is 0 Å². The Morgan fingerprint density at radius 3 is 2.57 bits per heavy atom. The Labute approximate surface area is 130 Å². The lowest BCUT2D eigenvalue weighted by molar-refractivity contribution is -0.131. The number of nitrogens with two attached hydrogens (primary N) is 1. The van der Waals surface area contributed by atoms with Crippen molar-refractivity contribution in [3.63, 3.8) is 0 Å². The molecule has 2 aliphatic heterocycles. The van der Waals surface area contributed by atoms with Crippen LogP contribution in [0.1, 0.15) is 25.7 Å². The lowest BCUT2D eigenvalue weighted by Crippen LogP contribution is -2.51. The highest BCUT2D eigenvalue weighted by atomic mass is 32.2. The molecular weight excluding hydrogens is 286 g/mol. The van der Waals surface area contributed by atoms with E-state index in [1.54, 1.807) is 11.8 Å². The second-order valence-corrected chi connectivity index (χ2v) is 6.74. The Bertz CT molecular complexity index is 394. The van der Waals surface area contributed by atoms with Crippen LogP contribution in [0.15, 0.2) is 12.7 Å². The Morgan fingerprint density at radius 1 is 1.24 bits per heavy atom. The maximum Gasteiger partial charge on any atom is 0.234 e. The van der Waals surface area contributed by atoms with Crippen molar-refractivity contribution >= 4 is 23.6 Å². The highest BCUT2D eigenvalue weighted by molar-refractivity contribution is 8.00. The van der Waals surface area contributed by atoms with Crippen LogP contribution in [0.2, 0.25) is 0 Å². The van der Waals surface area contributed by atoms with Gasteiger partial charge in [-0.15, -0.1) is 18.3 Å². The molecule has 0 aromatic carbocycles. The van der Waals surface area contributed by atoms with Crippen molar-refractivity contribution in [3.8, 4) is 0 Å². The third-order valence-electron chi connectivity index (χ3n) is 4.37. The van der Waals surface area contributed by atoms with E-state index in [9.17, 15) is 9.59 Å². The number of hydrogen-bond donors (Lipinski definition) is 1. The minimum atomic E-state index is -0.202. The highest BCUT2D eigenvalue weighted by Gasteiger charge is 2.36. The lowest BCUT2D eigenvalue weighted by Gasteiger charge is -2.38. The van der Waals surface area contributed by atoms with E-state index in [1.165, 1.54) is 0 Å². The minimum Gasteiger partial charge on any atom is -0.368 e. The maximum atomic E-state index is 12.1. The van der Waals surface area contributed by atoms with E-state index < -0.39 is 0 Å². The number of piperidine rings is 1. The topological polar surface area (TPSA) is 66.6 Å². The maximum absolute atomic E-state index is 12.1. The highest BCUT2D eigenvalue weighted by Crippen LogP contribution is 2.26. The van der Waals surface area contributed by atoms with Crippen LogP contribution >= 0.6 is 11.8 Å². The molecule has 1 unspecified atom stereocenters. The third kappa shape index (κ3) is 4.23. The first-order valence-electron chi connectivity index (χ1n) is 7.65. The van der Waals surface area contributed by atoms with Crippen molar-refractivity contribution in [2.75, 3.05) is 31.1 Å². The Morgan fingerprint density at radius 2 is 1.95 bits per heavy atom. The number of carbonyl (C=O) groups excluding carboxylic acids is 2. The molecule has 2 N–H and O–H groups in total. The summed E-state index contributed by atoms with van der Waals surface area (Å²) >= 11 is 1.60. The largest absolute Gasteiger partial charge is 0.368 e. The molecular formula is C15H25N3O2S. The molecule has 5 nitrogen and oxygen atoms in total. The van der Waals surface area contributed by atoms with Gasteiger partial charge in [-0.3, -0.25) is 14.5 Å². The van der Waals surface area contributed by atoms with Gasteiger partial charge in [-0.05, 0) is 32.2 Å². The van der Waals surface area contributed by atoms with Crippen LogP contribution in [0.25, 0.3) is 0 Å². The number of rotatable bonds is 6. The zero-order valence-corrected chi connectivity index (χ0v) is 13.3. The van der Waals surface area contributed by atoms with E-state index in [-0.39, 0.29) is 17.9 Å². The second kappa shape index (κ2) is 7.84. The molecule has 0 saturated carbocycles. The summed E-state index contributed by atoms with van der Waals surface area (Å²) < 4.78 is 0. The van der Waals surface area contributed by atoms with Gasteiger partial charge in [-0.2, -0.15) is 0 Å². The normalized spacial score (nSPS) is 24.2. The van der Waals surface area contributed by atoms with Crippen molar-refractivity contribution in [1.29, 1.82) is 0 Å². The van der Waals surface area contributed by atoms with Gasteiger partial charge in [-0.25, -0.2) is 0 Å². The Balaban J connectivity index is 1.79. The molecule has 2 amide bonds. The van der Waals surface area contributed by atoms with Crippen molar-refractivity contribution in [3.05, 3.63) is 12.7 Å². The summed E-state index contributed by atoms with van der Waals surface area (Å²) in [6, 6.07) is 0.301. The summed E-state index contributed by atoms with van der Waals surface area (Å²) in [4.78, 5) is 27.7. The third-order valence-corrected chi connectivity index (χ3v) is 5.29. The van der Waals surface area contributed by atoms with Crippen molar-refractivity contribution < 1.29 is 9.59 Å². The average molecular weight is 311 g/mol. The summed E-state index contributed by atoms with van der Waals surface area (Å²) in [6.07, 6.45) is 5.64. The minimum absolute atomic E-state index is 0.0969. The van der Waals surface area contributed by atoms with Crippen LogP contribution in [0, 0.1) is 0 Å². The predicted molar refractivity (Wildman–Crippen MR) is 86.0 cm³/mol. The second-order valence-electron chi connectivity index (χ2n) is 5.71. The first kappa shape index (κ1) is 16.4. The molecule has 0 radical (unpaired) electrons.